The molecule has 0 saturated heterocycles. The number of rotatable bonds is 5. The van der Waals surface area contributed by atoms with Gasteiger partial charge in [-0.2, -0.15) is 0 Å². The predicted molar refractivity (Wildman–Crippen MR) is 100.0 cm³/mol. The normalized spacial score (nSPS) is 12.4. The van der Waals surface area contributed by atoms with Gasteiger partial charge in [0.25, 0.3) is 0 Å². The second-order valence-corrected chi connectivity index (χ2v) is 7.67. The van der Waals surface area contributed by atoms with Crippen molar-refractivity contribution in [3.63, 3.8) is 0 Å². The first-order valence-electron chi connectivity index (χ1n) is 7.48. The van der Waals surface area contributed by atoms with E-state index in [9.17, 15) is 9.00 Å². The van der Waals surface area contributed by atoms with Crippen LogP contribution in [0.5, 0.6) is 0 Å². The lowest BCUT2D eigenvalue weighted by atomic mass is 10.2. The van der Waals surface area contributed by atoms with E-state index in [1.807, 2.05) is 66.9 Å². The molecule has 0 amide bonds. The van der Waals surface area contributed by atoms with Crippen molar-refractivity contribution in [3.8, 4) is 0 Å². The van der Waals surface area contributed by atoms with E-state index < -0.39 is 10.8 Å². The molecule has 0 bridgehead atoms. The topological polar surface area (TPSA) is 34.1 Å². The Labute approximate surface area is 147 Å². The van der Waals surface area contributed by atoms with Crippen LogP contribution in [0.25, 0.3) is 6.08 Å². The fraction of sp³-hybridized carbons (Fsp3) is 0.0500. The zero-order valence-corrected chi connectivity index (χ0v) is 14.8. The van der Waals surface area contributed by atoms with Crippen molar-refractivity contribution in [2.45, 2.75) is 16.7 Å². The summed E-state index contributed by atoms with van der Waals surface area (Å²) in [4.78, 5) is 14.3. The maximum atomic E-state index is 12.8. The van der Waals surface area contributed by atoms with Crippen LogP contribution in [0.3, 0.4) is 0 Å². The van der Waals surface area contributed by atoms with Gasteiger partial charge in [0.1, 0.15) is 0 Å². The van der Waals surface area contributed by atoms with E-state index in [-0.39, 0.29) is 5.78 Å². The van der Waals surface area contributed by atoms with Crippen molar-refractivity contribution in [1.29, 1.82) is 0 Å². The molecule has 0 N–H and O–H groups in total. The second kappa shape index (κ2) is 7.51. The van der Waals surface area contributed by atoms with E-state index in [1.54, 1.807) is 12.1 Å². The Balaban J connectivity index is 1.84. The third kappa shape index (κ3) is 3.78. The molecule has 1 aromatic heterocycles. The lowest BCUT2D eigenvalue weighted by Crippen LogP contribution is -1.99. The molecule has 4 heteroatoms. The molecule has 0 aliphatic heterocycles. The molecule has 0 aliphatic rings. The molecule has 0 aliphatic carbocycles. The van der Waals surface area contributed by atoms with Crippen LogP contribution in [0.1, 0.15) is 20.8 Å². The minimum atomic E-state index is -1.35. The van der Waals surface area contributed by atoms with E-state index >= 15 is 0 Å². The summed E-state index contributed by atoms with van der Waals surface area (Å²) in [6, 6.07) is 19.0. The Morgan fingerprint density at radius 1 is 1.00 bits per heavy atom. The highest BCUT2D eigenvalue weighted by molar-refractivity contribution is 7.85. The molecule has 0 spiro atoms. The van der Waals surface area contributed by atoms with Crippen molar-refractivity contribution in [3.05, 3.63) is 88.1 Å². The van der Waals surface area contributed by atoms with Gasteiger partial charge in [0.2, 0.25) is 0 Å². The number of carbonyl (C=O) groups excluding carboxylic acids is 1. The van der Waals surface area contributed by atoms with E-state index in [2.05, 4.69) is 0 Å². The van der Waals surface area contributed by atoms with Gasteiger partial charge in [-0.25, -0.2) is 4.21 Å². The molecule has 2 aromatic carbocycles. The molecule has 0 fully saturated rings. The van der Waals surface area contributed by atoms with E-state index in [4.69, 9.17) is 0 Å². The van der Waals surface area contributed by atoms with Crippen molar-refractivity contribution in [1.82, 2.24) is 0 Å². The van der Waals surface area contributed by atoms with Gasteiger partial charge in [0.05, 0.1) is 20.6 Å². The van der Waals surface area contributed by atoms with Gasteiger partial charge in [0.15, 0.2) is 5.78 Å². The molecule has 0 radical (unpaired) electrons. The van der Waals surface area contributed by atoms with Crippen LogP contribution in [0.2, 0.25) is 0 Å². The number of benzene rings is 2. The van der Waals surface area contributed by atoms with Crippen LogP contribution >= 0.6 is 11.3 Å². The largest absolute Gasteiger partial charge is 0.288 e. The number of hydrogen-bond donors (Lipinski definition) is 0. The average molecular weight is 352 g/mol. The minimum absolute atomic E-state index is 0.121. The molecule has 0 saturated carbocycles. The molecule has 1 atom stereocenters. The molecule has 3 aromatic rings. The second-order valence-electron chi connectivity index (χ2n) is 5.30. The quantitative estimate of drug-likeness (QED) is 0.472. The van der Waals surface area contributed by atoms with Gasteiger partial charge in [-0.15, -0.1) is 11.3 Å². The van der Waals surface area contributed by atoms with Gasteiger partial charge in [-0.1, -0.05) is 54.1 Å². The van der Waals surface area contributed by atoms with Gasteiger partial charge in [0, 0.05) is 4.90 Å². The minimum Gasteiger partial charge on any atom is -0.288 e. The first-order chi connectivity index (χ1) is 11.6. The van der Waals surface area contributed by atoms with Crippen LogP contribution in [-0.4, -0.2) is 9.99 Å². The molecule has 2 nitrogen and oxygen atoms in total. The van der Waals surface area contributed by atoms with Crippen molar-refractivity contribution in [2.24, 2.45) is 0 Å². The van der Waals surface area contributed by atoms with Crippen LogP contribution in [0, 0.1) is 6.92 Å². The van der Waals surface area contributed by atoms with E-state index in [0.29, 0.717) is 14.7 Å². The smallest absolute Gasteiger partial charge is 0.197 e. The van der Waals surface area contributed by atoms with Crippen molar-refractivity contribution >= 4 is 34.0 Å². The Morgan fingerprint density at radius 3 is 2.42 bits per heavy atom. The molecule has 120 valence electrons. The van der Waals surface area contributed by atoms with Crippen LogP contribution in [0.4, 0.5) is 0 Å². The monoisotopic (exact) mass is 352 g/mol. The number of allylic oxidation sites excluding steroid dienone is 1. The standard InChI is InChI=1S/C20H16O2S2/c1-15-7-10-17(11-8-15)24(22)19-13-14-23-20(19)18(21)12-9-16-5-3-2-4-6-16/h2-14H,1H3/b12-9+/t24-/m0/s1. The Hall–Kier alpha value is -2.30. The summed E-state index contributed by atoms with van der Waals surface area (Å²) in [5.74, 6) is -0.121. The van der Waals surface area contributed by atoms with Gasteiger partial charge in [-0.05, 0) is 42.1 Å². The lowest BCUT2D eigenvalue weighted by Gasteiger charge is -2.03. The van der Waals surface area contributed by atoms with Crippen LogP contribution < -0.4 is 0 Å². The fourth-order valence-electron chi connectivity index (χ4n) is 2.22. The highest BCUT2D eigenvalue weighted by atomic mass is 32.2. The van der Waals surface area contributed by atoms with Crippen molar-refractivity contribution in [2.75, 3.05) is 0 Å². The average Bonchev–Trinajstić information content (AvgIpc) is 3.10. The zero-order valence-electron chi connectivity index (χ0n) is 13.1. The zero-order chi connectivity index (χ0) is 16.9. The number of carbonyl (C=O) groups is 1. The summed E-state index contributed by atoms with van der Waals surface area (Å²) >= 11 is 1.33. The van der Waals surface area contributed by atoms with E-state index in [1.165, 1.54) is 17.4 Å². The summed E-state index contributed by atoms with van der Waals surface area (Å²) in [5, 5.41) is 1.81. The molecule has 24 heavy (non-hydrogen) atoms. The molecule has 0 unspecified atom stereocenters. The van der Waals surface area contributed by atoms with Gasteiger partial charge < -0.3 is 0 Å². The van der Waals surface area contributed by atoms with Crippen LogP contribution in [0.15, 0.2) is 81.9 Å². The van der Waals surface area contributed by atoms with E-state index in [0.717, 1.165) is 11.1 Å². The number of thiophene rings is 1. The molecule has 3 rings (SSSR count). The third-order valence-corrected chi connectivity index (χ3v) is 6.01. The van der Waals surface area contributed by atoms with Crippen LogP contribution in [-0.2, 0) is 10.8 Å². The molecule has 1 heterocycles. The SMILES string of the molecule is Cc1ccc([S@](=O)c2ccsc2C(=O)/C=C/c2ccccc2)cc1. The first kappa shape index (κ1) is 16.6. The highest BCUT2D eigenvalue weighted by Gasteiger charge is 2.17. The maximum absolute atomic E-state index is 12.8. The molecular formula is C20H16O2S2. The Kier molecular flexibility index (Phi) is 5.18. The number of hydrogen-bond acceptors (Lipinski definition) is 3. The maximum Gasteiger partial charge on any atom is 0.197 e. The summed E-state index contributed by atoms with van der Waals surface area (Å²) in [6.45, 7) is 1.99. The fourth-order valence-corrected chi connectivity index (χ4v) is 4.49. The number of ketones is 1. The molecular weight excluding hydrogens is 336 g/mol. The highest BCUT2D eigenvalue weighted by Crippen LogP contribution is 2.26. The third-order valence-electron chi connectivity index (χ3n) is 3.51. The Bertz CT molecular complexity index is 891. The van der Waals surface area contributed by atoms with Crippen molar-refractivity contribution < 1.29 is 9.00 Å². The van der Waals surface area contributed by atoms with Gasteiger partial charge in [-0.3, -0.25) is 4.79 Å². The summed E-state index contributed by atoms with van der Waals surface area (Å²) < 4.78 is 12.8. The Morgan fingerprint density at radius 2 is 1.71 bits per heavy atom. The number of aryl methyl sites for hydroxylation is 1. The predicted octanol–water partition coefficient (Wildman–Crippen LogP) is 5.12. The first-order valence-corrected chi connectivity index (χ1v) is 9.51. The summed E-state index contributed by atoms with van der Waals surface area (Å²) in [7, 11) is -1.35. The summed E-state index contributed by atoms with van der Waals surface area (Å²) in [6.07, 6.45) is 3.32. The lowest BCUT2D eigenvalue weighted by molar-refractivity contribution is 0.104. The summed E-state index contributed by atoms with van der Waals surface area (Å²) in [5.41, 5.74) is 2.08. The van der Waals surface area contributed by atoms with Gasteiger partial charge >= 0.3 is 0 Å².